The van der Waals surface area contributed by atoms with Crippen LogP contribution in [0.15, 0.2) is 47.8 Å². The van der Waals surface area contributed by atoms with Crippen LogP contribution in [0.2, 0.25) is 0 Å². The monoisotopic (exact) mass is 447 g/mol. The minimum absolute atomic E-state index is 0.0509. The quantitative estimate of drug-likeness (QED) is 0.440. The van der Waals surface area contributed by atoms with Crippen LogP contribution in [0, 0.1) is 0 Å². The number of hydrogen-bond acceptors (Lipinski definition) is 7. The lowest BCUT2D eigenvalue weighted by atomic mass is 10.2. The maximum atomic E-state index is 12.9. The van der Waals surface area contributed by atoms with Gasteiger partial charge in [-0.3, -0.25) is 4.79 Å². The van der Waals surface area contributed by atoms with Crippen LogP contribution in [0.5, 0.6) is 0 Å². The van der Waals surface area contributed by atoms with E-state index in [-0.39, 0.29) is 28.7 Å². The Morgan fingerprint density at radius 2 is 2.03 bits per heavy atom. The summed E-state index contributed by atoms with van der Waals surface area (Å²) in [5, 5.41) is 1.33. The van der Waals surface area contributed by atoms with E-state index in [1.807, 2.05) is 25.1 Å². The van der Waals surface area contributed by atoms with E-state index in [9.17, 15) is 13.2 Å². The van der Waals surface area contributed by atoms with Crippen molar-refractivity contribution in [2.75, 3.05) is 18.6 Å². The molecule has 0 bridgehead atoms. The number of carbonyl (C=O) groups excluding carboxylic acids is 1. The fraction of sp³-hybridized carbons (Fsp3) is 0.350. The average Bonchev–Trinajstić information content (AvgIpc) is 3.31. The molecule has 9 heteroatoms. The second kappa shape index (κ2) is 8.04. The van der Waals surface area contributed by atoms with Crippen LogP contribution in [0.3, 0.4) is 0 Å². The molecule has 6 nitrogen and oxygen atoms in total. The largest absolute Gasteiger partial charge is 0.341 e. The maximum Gasteiger partial charge on any atom is 0.235 e. The van der Waals surface area contributed by atoms with Crippen LogP contribution in [0.25, 0.3) is 20.7 Å². The molecule has 1 aromatic carbocycles. The zero-order chi connectivity index (χ0) is 20.6. The van der Waals surface area contributed by atoms with Crippen molar-refractivity contribution in [3.8, 4) is 10.4 Å². The number of benzene rings is 1. The molecule has 0 saturated carbocycles. The number of fused-ring (bicyclic) bond motifs is 1. The van der Waals surface area contributed by atoms with Gasteiger partial charge in [-0.1, -0.05) is 42.1 Å². The number of aromatic nitrogens is 2. The third-order valence-corrected chi connectivity index (χ3v) is 9.04. The van der Waals surface area contributed by atoms with E-state index in [1.54, 1.807) is 23.3 Å². The van der Waals surface area contributed by atoms with E-state index < -0.39 is 9.84 Å². The van der Waals surface area contributed by atoms with Crippen molar-refractivity contribution in [2.24, 2.45) is 0 Å². The Balaban J connectivity index is 1.54. The fourth-order valence-electron chi connectivity index (χ4n) is 3.44. The van der Waals surface area contributed by atoms with Crippen LogP contribution in [0.1, 0.15) is 13.3 Å². The molecular weight excluding hydrogens is 426 g/mol. The molecule has 1 aliphatic heterocycles. The van der Waals surface area contributed by atoms with Crippen molar-refractivity contribution in [2.45, 2.75) is 29.7 Å². The highest BCUT2D eigenvalue weighted by atomic mass is 32.2. The van der Waals surface area contributed by atoms with Crippen LogP contribution >= 0.6 is 23.1 Å². The molecule has 29 heavy (non-hydrogen) atoms. The molecule has 152 valence electrons. The molecule has 3 aromatic rings. The summed E-state index contributed by atoms with van der Waals surface area (Å²) in [6.45, 7) is 1.84. The van der Waals surface area contributed by atoms with E-state index in [0.717, 1.165) is 25.7 Å². The topological polar surface area (TPSA) is 80.2 Å². The van der Waals surface area contributed by atoms with Gasteiger partial charge in [0.25, 0.3) is 0 Å². The predicted octanol–water partition coefficient (Wildman–Crippen LogP) is 3.48. The number of nitrogens with zero attached hydrogens (tertiary/aromatic N) is 3. The molecule has 1 saturated heterocycles. The number of thiophene rings is 1. The van der Waals surface area contributed by atoms with Crippen LogP contribution in [0.4, 0.5) is 0 Å². The standard InChI is InChI=1S/C20H21N3O3S3/c1-13(20(24)23(2)15-8-9-29(25,26)11-15)27-18-16-10-17(14-6-4-3-5-7-14)28-19(16)22-12-21-18/h3-7,10,12-13,15H,8-9,11H2,1-2H3/t13-,15+/m1/s1. The highest BCUT2D eigenvalue weighted by Gasteiger charge is 2.34. The maximum absolute atomic E-state index is 12.9. The van der Waals surface area contributed by atoms with E-state index in [0.29, 0.717) is 6.42 Å². The molecule has 1 fully saturated rings. The summed E-state index contributed by atoms with van der Waals surface area (Å²) in [5.74, 6) is 0.123. The Labute approximate surface area is 178 Å². The average molecular weight is 448 g/mol. The van der Waals surface area contributed by atoms with E-state index in [1.165, 1.54) is 18.1 Å². The Morgan fingerprint density at radius 3 is 2.72 bits per heavy atom. The Hall–Kier alpha value is -1.97. The van der Waals surface area contributed by atoms with Gasteiger partial charge in [-0.05, 0) is 25.0 Å². The number of sulfone groups is 1. The Kier molecular flexibility index (Phi) is 5.63. The van der Waals surface area contributed by atoms with E-state index in [2.05, 4.69) is 28.2 Å². The summed E-state index contributed by atoms with van der Waals surface area (Å²) in [6, 6.07) is 11.9. The van der Waals surface area contributed by atoms with Gasteiger partial charge < -0.3 is 4.90 Å². The van der Waals surface area contributed by atoms with Crippen molar-refractivity contribution in [3.63, 3.8) is 0 Å². The molecule has 0 unspecified atom stereocenters. The van der Waals surface area contributed by atoms with Crippen LogP contribution < -0.4 is 0 Å². The van der Waals surface area contributed by atoms with Gasteiger partial charge in [0, 0.05) is 23.4 Å². The van der Waals surface area contributed by atoms with E-state index >= 15 is 0 Å². The van der Waals surface area contributed by atoms with Gasteiger partial charge in [0.2, 0.25) is 5.91 Å². The Morgan fingerprint density at radius 1 is 1.28 bits per heavy atom. The van der Waals surface area contributed by atoms with Crippen molar-refractivity contribution >= 4 is 49.1 Å². The molecule has 2 aromatic heterocycles. The normalized spacial score (nSPS) is 19.3. The number of amides is 1. The minimum atomic E-state index is -3.03. The first-order chi connectivity index (χ1) is 13.8. The summed E-state index contributed by atoms with van der Waals surface area (Å²) in [4.78, 5) is 25.3. The number of rotatable bonds is 5. The van der Waals surface area contributed by atoms with Crippen LogP contribution in [-0.2, 0) is 14.6 Å². The van der Waals surface area contributed by atoms with Gasteiger partial charge in [-0.2, -0.15) is 0 Å². The summed E-state index contributed by atoms with van der Waals surface area (Å²) < 4.78 is 23.5. The molecule has 0 aliphatic carbocycles. The zero-order valence-corrected chi connectivity index (χ0v) is 18.6. The third kappa shape index (κ3) is 4.31. The number of hydrogen-bond donors (Lipinski definition) is 0. The van der Waals surface area contributed by atoms with Gasteiger partial charge in [-0.15, -0.1) is 11.3 Å². The zero-order valence-electron chi connectivity index (χ0n) is 16.1. The molecular formula is C20H21N3O3S3. The highest BCUT2D eigenvalue weighted by Crippen LogP contribution is 2.37. The van der Waals surface area contributed by atoms with Crippen LogP contribution in [-0.4, -0.2) is 59.0 Å². The second-order valence-electron chi connectivity index (χ2n) is 7.14. The molecule has 0 radical (unpaired) electrons. The molecule has 0 spiro atoms. The molecule has 0 N–H and O–H groups in total. The van der Waals surface area contributed by atoms with Crippen molar-refractivity contribution < 1.29 is 13.2 Å². The minimum Gasteiger partial charge on any atom is -0.341 e. The van der Waals surface area contributed by atoms with E-state index in [4.69, 9.17) is 0 Å². The van der Waals surface area contributed by atoms with Gasteiger partial charge in [-0.25, -0.2) is 18.4 Å². The molecule has 1 amide bonds. The lowest BCUT2D eigenvalue weighted by molar-refractivity contribution is -0.130. The highest BCUT2D eigenvalue weighted by molar-refractivity contribution is 8.00. The predicted molar refractivity (Wildman–Crippen MR) is 118 cm³/mol. The summed E-state index contributed by atoms with van der Waals surface area (Å²) >= 11 is 2.99. The SMILES string of the molecule is C[C@@H](Sc1ncnc2sc(-c3ccccc3)cc12)C(=O)N(C)[C@H]1CCS(=O)(=O)C1. The van der Waals surface area contributed by atoms with Gasteiger partial charge in [0.1, 0.15) is 16.2 Å². The molecule has 2 atom stereocenters. The molecule has 4 rings (SSSR count). The van der Waals surface area contributed by atoms with Crippen molar-refractivity contribution in [3.05, 3.63) is 42.7 Å². The Bertz CT molecular complexity index is 1150. The lowest BCUT2D eigenvalue weighted by Crippen LogP contribution is -2.41. The number of carbonyl (C=O) groups is 1. The van der Waals surface area contributed by atoms with Gasteiger partial charge >= 0.3 is 0 Å². The van der Waals surface area contributed by atoms with Gasteiger partial charge in [0.05, 0.1) is 16.8 Å². The molecule has 3 heterocycles. The molecule has 1 aliphatic rings. The lowest BCUT2D eigenvalue weighted by Gasteiger charge is -2.26. The van der Waals surface area contributed by atoms with Crippen molar-refractivity contribution in [1.82, 2.24) is 14.9 Å². The number of thioether (sulfide) groups is 1. The smallest absolute Gasteiger partial charge is 0.235 e. The first-order valence-electron chi connectivity index (χ1n) is 9.28. The summed E-state index contributed by atoms with van der Waals surface area (Å²) in [7, 11) is -1.34. The van der Waals surface area contributed by atoms with Gasteiger partial charge in [0.15, 0.2) is 9.84 Å². The second-order valence-corrected chi connectivity index (χ2v) is 11.7. The first-order valence-corrected chi connectivity index (χ1v) is 12.8. The first kappa shape index (κ1) is 20.3. The third-order valence-electron chi connectivity index (χ3n) is 5.09. The summed E-state index contributed by atoms with van der Waals surface area (Å²) in [6.07, 6.45) is 2.03. The van der Waals surface area contributed by atoms with Crippen molar-refractivity contribution in [1.29, 1.82) is 0 Å². The fourth-order valence-corrected chi connectivity index (χ4v) is 7.27. The summed E-state index contributed by atoms with van der Waals surface area (Å²) in [5.41, 5.74) is 1.12.